The first-order chi connectivity index (χ1) is 8.75. The van der Waals surface area contributed by atoms with Crippen molar-refractivity contribution in [3.05, 3.63) is 30.1 Å². The van der Waals surface area contributed by atoms with Crippen molar-refractivity contribution in [2.45, 2.75) is 6.54 Å². The molecule has 18 heavy (non-hydrogen) atoms. The highest BCUT2D eigenvalue weighted by atomic mass is 32.2. The molecule has 2 rings (SSSR count). The summed E-state index contributed by atoms with van der Waals surface area (Å²) in [6, 6.07) is 3.59. The number of aromatic nitrogens is 1. The van der Waals surface area contributed by atoms with Gasteiger partial charge < -0.3 is 5.32 Å². The molecule has 1 aliphatic heterocycles. The van der Waals surface area contributed by atoms with E-state index in [0.29, 0.717) is 11.7 Å². The van der Waals surface area contributed by atoms with E-state index in [1.807, 2.05) is 6.07 Å². The second-order valence-electron chi connectivity index (χ2n) is 3.53. The fourth-order valence-electron chi connectivity index (χ4n) is 1.33. The molecule has 1 aliphatic rings. The van der Waals surface area contributed by atoms with Crippen molar-refractivity contribution in [3.8, 4) is 0 Å². The number of thioether (sulfide) groups is 1. The Kier molecular flexibility index (Phi) is 4.30. The molecule has 0 saturated heterocycles. The Morgan fingerprint density at radius 1 is 1.39 bits per heavy atom. The van der Waals surface area contributed by atoms with Gasteiger partial charge in [0.2, 0.25) is 0 Å². The van der Waals surface area contributed by atoms with E-state index in [2.05, 4.69) is 20.6 Å². The maximum atomic E-state index is 11.5. The second kappa shape index (κ2) is 6.15. The van der Waals surface area contributed by atoms with E-state index in [4.69, 9.17) is 0 Å². The van der Waals surface area contributed by atoms with Crippen LogP contribution >= 0.6 is 11.8 Å². The zero-order chi connectivity index (χ0) is 12.8. The lowest BCUT2D eigenvalue weighted by molar-refractivity contribution is -0.138. The summed E-state index contributed by atoms with van der Waals surface area (Å²) in [6.45, 7) is 0.956. The van der Waals surface area contributed by atoms with Gasteiger partial charge in [0.1, 0.15) is 0 Å². The van der Waals surface area contributed by atoms with Gasteiger partial charge in [0.25, 0.3) is 0 Å². The average Bonchev–Trinajstić information content (AvgIpc) is 2.90. The molecule has 0 saturated carbocycles. The molecule has 0 radical (unpaired) electrons. The van der Waals surface area contributed by atoms with E-state index in [1.54, 1.807) is 18.5 Å². The summed E-state index contributed by atoms with van der Waals surface area (Å²) >= 11 is 1.43. The molecule has 1 aromatic rings. The van der Waals surface area contributed by atoms with Gasteiger partial charge in [-0.25, -0.2) is 0 Å². The number of amides is 2. The predicted molar refractivity (Wildman–Crippen MR) is 69.0 cm³/mol. The summed E-state index contributed by atoms with van der Waals surface area (Å²) in [7, 11) is 0. The number of nitrogens with zero attached hydrogens (tertiary/aromatic N) is 2. The predicted octanol–water partition coefficient (Wildman–Crippen LogP) is -0.0832. The minimum absolute atomic E-state index is 0.277. The molecule has 0 atom stereocenters. The first-order valence-electron chi connectivity index (χ1n) is 5.41. The van der Waals surface area contributed by atoms with Crippen LogP contribution in [0, 0.1) is 0 Å². The standard InChI is InChI=1S/C11H12N4O2S/c16-9(10(17)15-11-13-4-5-18-11)14-7-8-2-1-3-12-6-8/h1-3,6H,4-5,7H2,(H,14,16)(H,13,15,17). The monoisotopic (exact) mass is 264 g/mol. The van der Waals surface area contributed by atoms with Gasteiger partial charge in [0.05, 0.1) is 6.54 Å². The Labute approximate surface area is 108 Å². The Morgan fingerprint density at radius 2 is 2.28 bits per heavy atom. The first kappa shape index (κ1) is 12.6. The molecule has 0 spiro atoms. The average molecular weight is 264 g/mol. The van der Waals surface area contributed by atoms with Crippen molar-refractivity contribution >= 4 is 28.7 Å². The van der Waals surface area contributed by atoms with Crippen LogP contribution in [-0.4, -0.2) is 34.3 Å². The van der Waals surface area contributed by atoms with Crippen LogP contribution < -0.4 is 10.6 Å². The number of aliphatic imine (C=N–C) groups is 1. The lowest BCUT2D eigenvalue weighted by Gasteiger charge is -2.05. The number of carbonyl (C=O) groups excluding carboxylic acids is 2. The zero-order valence-electron chi connectivity index (χ0n) is 9.55. The van der Waals surface area contributed by atoms with Crippen LogP contribution in [0.2, 0.25) is 0 Å². The molecule has 6 nitrogen and oxygen atoms in total. The van der Waals surface area contributed by atoms with Crippen LogP contribution in [0.15, 0.2) is 29.5 Å². The number of hydrogen-bond acceptors (Lipinski definition) is 5. The van der Waals surface area contributed by atoms with Crippen molar-refractivity contribution in [3.63, 3.8) is 0 Å². The molecule has 2 N–H and O–H groups in total. The summed E-state index contributed by atoms with van der Waals surface area (Å²) in [6.07, 6.45) is 3.28. The van der Waals surface area contributed by atoms with E-state index < -0.39 is 11.8 Å². The van der Waals surface area contributed by atoms with Gasteiger partial charge in [-0.15, -0.1) is 0 Å². The van der Waals surface area contributed by atoms with Crippen molar-refractivity contribution in [2.75, 3.05) is 12.3 Å². The number of rotatable bonds is 2. The highest BCUT2D eigenvalue weighted by Gasteiger charge is 2.17. The molecule has 94 valence electrons. The molecular formula is C11H12N4O2S. The number of pyridine rings is 1. The zero-order valence-corrected chi connectivity index (χ0v) is 10.4. The molecule has 0 fully saturated rings. The van der Waals surface area contributed by atoms with Gasteiger partial charge in [0.15, 0.2) is 5.17 Å². The van der Waals surface area contributed by atoms with Gasteiger partial charge in [-0.3, -0.25) is 24.9 Å². The fourth-order valence-corrected chi connectivity index (χ4v) is 2.05. The minimum atomic E-state index is -0.688. The summed E-state index contributed by atoms with van der Waals surface area (Å²) in [5.41, 5.74) is 0.839. The summed E-state index contributed by atoms with van der Waals surface area (Å²) in [4.78, 5) is 30.9. The third-order valence-electron chi connectivity index (χ3n) is 2.19. The first-order valence-corrected chi connectivity index (χ1v) is 6.39. The van der Waals surface area contributed by atoms with Crippen LogP contribution in [-0.2, 0) is 16.1 Å². The second-order valence-corrected chi connectivity index (χ2v) is 4.62. The fraction of sp³-hybridized carbons (Fsp3) is 0.273. The normalized spacial score (nSPS) is 13.9. The molecule has 0 aliphatic carbocycles. The van der Waals surface area contributed by atoms with E-state index in [9.17, 15) is 9.59 Å². The number of carbonyl (C=O) groups is 2. The van der Waals surface area contributed by atoms with Crippen LogP contribution in [0.1, 0.15) is 5.56 Å². The van der Waals surface area contributed by atoms with Crippen molar-refractivity contribution in [1.29, 1.82) is 0 Å². The van der Waals surface area contributed by atoms with Crippen molar-refractivity contribution < 1.29 is 9.59 Å². The lowest BCUT2D eigenvalue weighted by atomic mass is 10.3. The Morgan fingerprint density at radius 3 is 2.94 bits per heavy atom. The SMILES string of the molecule is O=C(NCc1cccnc1)C(=O)NC1=NCCS1. The van der Waals surface area contributed by atoms with Crippen LogP contribution in [0.25, 0.3) is 0 Å². The lowest BCUT2D eigenvalue weighted by Crippen LogP contribution is -2.41. The molecule has 0 bridgehead atoms. The Hall–Kier alpha value is -1.89. The summed E-state index contributed by atoms with van der Waals surface area (Å²) < 4.78 is 0. The van der Waals surface area contributed by atoms with Crippen molar-refractivity contribution in [1.82, 2.24) is 15.6 Å². The van der Waals surface area contributed by atoms with E-state index in [1.165, 1.54) is 11.8 Å². The molecule has 1 aromatic heterocycles. The molecule has 0 aromatic carbocycles. The van der Waals surface area contributed by atoms with Crippen molar-refractivity contribution in [2.24, 2.45) is 4.99 Å². The smallest absolute Gasteiger partial charge is 0.315 e. The highest BCUT2D eigenvalue weighted by molar-refractivity contribution is 8.14. The van der Waals surface area contributed by atoms with Crippen LogP contribution in [0.4, 0.5) is 0 Å². The molecule has 0 unspecified atom stereocenters. The van der Waals surface area contributed by atoms with Gasteiger partial charge >= 0.3 is 11.8 Å². The molecule has 7 heteroatoms. The van der Waals surface area contributed by atoms with E-state index >= 15 is 0 Å². The third-order valence-corrected chi connectivity index (χ3v) is 3.08. The molecule has 2 amide bonds. The summed E-state index contributed by atoms with van der Waals surface area (Å²) in [5.74, 6) is -0.520. The van der Waals surface area contributed by atoms with Crippen LogP contribution in [0.5, 0.6) is 0 Å². The topological polar surface area (TPSA) is 83.5 Å². The molecular weight excluding hydrogens is 252 g/mol. The van der Waals surface area contributed by atoms with Gasteiger partial charge in [0, 0.05) is 24.7 Å². The third kappa shape index (κ3) is 3.56. The highest BCUT2D eigenvalue weighted by Crippen LogP contribution is 2.08. The summed E-state index contributed by atoms with van der Waals surface area (Å²) in [5, 5.41) is 5.49. The Bertz CT molecular complexity index is 475. The maximum Gasteiger partial charge on any atom is 0.315 e. The minimum Gasteiger partial charge on any atom is -0.344 e. The molecule has 2 heterocycles. The number of amidine groups is 1. The van der Waals surface area contributed by atoms with E-state index in [0.717, 1.165) is 11.3 Å². The van der Waals surface area contributed by atoms with Gasteiger partial charge in [-0.2, -0.15) is 0 Å². The number of hydrogen-bond donors (Lipinski definition) is 2. The Balaban J connectivity index is 1.79. The number of nitrogens with one attached hydrogen (secondary N) is 2. The maximum absolute atomic E-state index is 11.5. The largest absolute Gasteiger partial charge is 0.344 e. The quantitative estimate of drug-likeness (QED) is 0.732. The van der Waals surface area contributed by atoms with E-state index in [-0.39, 0.29) is 6.54 Å². The van der Waals surface area contributed by atoms with Gasteiger partial charge in [-0.1, -0.05) is 17.8 Å². The van der Waals surface area contributed by atoms with Gasteiger partial charge in [-0.05, 0) is 11.6 Å². The van der Waals surface area contributed by atoms with Crippen LogP contribution in [0.3, 0.4) is 0 Å².